The Kier molecular flexibility index (Phi) is 4.36. The van der Waals surface area contributed by atoms with E-state index in [1.807, 2.05) is 13.8 Å². The van der Waals surface area contributed by atoms with Gasteiger partial charge in [-0.25, -0.2) is 4.79 Å². The Morgan fingerprint density at radius 2 is 2.00 bits per heavy atom. The number of hydrogen-bond acceptors (Lipinski definition) is 6. The highest BCUT2D eigenvalue weighted by Crippen LogP contribution is 2.14. The molecule has 2 rings (SSSR count). The van der Waals surface area contributed by atoms with Crippen LogP contribution in [0.2, 0.25) is 0 Å². The highest BCUT2D eigenvalue weighted by molar-refractivity contribution is 5.67. The van der Waals surface area contributed by atoms with Gasteiger partial charge in [0.05, 0.1) is 13.7 Å². The Morgan fingerprint density at radius 1 is 1.32 bits per heavy atom. The van der Waals surface area contributed by atoms with E-state index in [1.54, 1.807) is 4.90 Å². The fourth-order valence-electron chi connectivity index (χ4n) is 1.97. The lowest BCUT2D eigenvalue weighted by Crippen LogP contribution is -2.48. The number of amides is 1. The summed E-state index contributed by atoms with van der Waals surface area (Å²) < 4.78 is 10.3. The van der Waals surface area contributed by atoms with Crippen LogP contribution < -0.4 is 0 Å². The highest BCUT2D eigenvalue weighted by Gasteiger charge is 2.22. The highest BCUT2D eigenvalue weighted by atomic mass is 16.5. The monoisotopic (exact) mass is 268 g/mol. The lowest BCUT2D eigenvalue weighted by molar-refractivity contribution is 0.0858. The van der Waals surface area contributed by atoms with E-state index in [0.717, 1.165) is 13.1 Å². The summed E-state index contributed by atoms with van der Waals surface area (Å²) in [5.41, 5.74) is 0. The smallest absolute Gasteiger partial charge is 0.409 e. The molecule has 0 N–H and O–H groups in total. The Balaban J connectivity index is 1.83. The minimum absolute atomic E-state index is 0.248. The Bertz CT molecular complexity index is 424. The zero-order valence-corrected chi connectivity index (χ0v) is 11.6. The summed E-state index contributed by atoms with van der Waals surface area (Å²) >= 11 is 0. The third-order valence-corrected chi connectivity index (χ3v) is 3.14. The van der Waals surface area contributed by atoms with Gasteiger partial charge in [-0.3, -0.25) is 4.90 Å². The summed E-state index contributed by atoms with van der Waals surface area (Å²) in [4.78, 5) is 15.2. The van der Waals surface area contributed by atoms with Gasteiger partial charge in [0.25, 0.3) is 0 Å². The molecule has 0 saturated carbocycles. The summed E-state index contributed by atoms with van der Waals surface area (Å²) in [5, 5.41) is 8.05. The molecule has 0 bridgehead atoms. The molecule has 19 heavy (non-hydrogen) atoms. The number of carbonyl (C=O) groups excluding carboxylic acids is 1. The second-order valence-corrected chi connectivity index (χ2v) is 4.92. The second-order valence-electron chi connectivity index (χ2n) is 4.92. The molecule has 0 unspecified atom stereocenters. The van der Waals surface area contributed by atoms with E-state index in [2.05, 4.69) is 15.1 Å². The van der Waals surface area contributed by atoms with Crippen molar-refractivity contribution in [2.75, 3.05) is 33.3 Å². The van der Waals surface area contributed by atoms with Crippen LogP contribution in [0.25, 0.3) is 0 Å². The number of hydrogen-bond donors (Lipinski definition) is 0. The standard InChI is InChI=1S/C12H20N4O3/c1-9(2)11-14-13-10(19-11)8-15-4-6-16(7-5-15)12(17)18-3/h9H,4-8H2,1-3H3. The van der Waals surface area contributed by atoms with Gasteiger partial charge in [0.2, 0.25) is 11.8 Å². The van der Waals surface area contributed by atoms with E-state index in [9.17, 15) is 4.79 Å². The normalized spacial score (nSPS) is 16.9. The fraction of sp³-hybridized carbons (Fsp3) is 0.750. The zero-order valence-electron chi connectivity index (χ0n) is 11.6. The van der Waals surface area contributed by atoms with Gasteiger partial charge in [-0.05, 0) is 0 Å². The average molecular weight is 268 g/mol. The quantitative estimate of drug-likeness (QED) is 0.816. The molecule has 0 spiro atoms. The van der Waals surface area contributed by atoms with Gasteiger partial charge < -0.3 is 14.1 Å². The van der Waals surface area contributed by atoms with E-state index < -0.39 is 0 Å². The van der Waals surface area contributed by atoms with Crippen LogP contribution in [0.4, 0.5) is 4.79 Å². The summed E-state index contributed by atoms with van der Waals surface area (Å²) in [7, 11) is 1.40. The lowest BCUT2D eigenvalue weighted by atomic mass is 10.2. The summed E-state index contributed by atoms with van der Waals surface area (Å²) in [6.07, 6.45) is -0.264. The summed E-state index contributed by atoms with van der Waals surface area (Å²) in [5.74, 6) is 1.55. The Morgan fingerprint density at radius 3 is 2.53 bits per heavy atom. The summed E-state index contributed by atoms with van der Waals surface area (Å²) in [6.45, 7) is 7.58. The van der Waals surface area contributed by atoms with Gasteiger partial charge in [-0.1, -0.05) is 13.8 Å². The molecule has 0 radical (unpaired) electrons. The number of piperazine rings is 1. The van der Waals surface area contributed by atoms with Crippen molar-refractivity contribution >= 4 is 6.09 Å². The molecule has 1 aliphatic heterocycles. The van der Waals surface area contributed by atoms with Gasteiger partial charge in [-0.15, -0.1) is 10.2 Å². The van der Waals surface area contributed by atoms with Crippen LogP contribution in [0.5, 0.6) is 0 Å². The molecule has 7 heteroatoms. The van der Waals surface area contributed by atoms with Gasteiger partial charge in [0, 0.05) is 32.1 Å². The van der Waals surface area contributed by atoms with Crippen molar-refractivity contribution in [3.05, 3.63) is 11.8 Å². The van der Waals surface area contributed by atoms with E-state index in [-0.39, 0.29) is 12.0 Å². The number of ether oxygens (including phenoxy) is 1. The predicted molar refractivity (Wildman–Crippen MR) is 67.6 cm³/mol. The first-order chi connectivity index (χ1) is 9.10. The molecule has 0 aromatic carbocycles. The van der Waals surface area contributed by atoms with Gasteiger partial charge >= 0.3 is 6.09 Å². The van der Waals surface area contributed by atoms with Crippen molar-refractivity contribution in [2.45, 2.75) is 26.3 Å². The number of carbonyl (C=O) groups is 1. The first-order valence-electron chi connectivity index (χ1n) is 6.47. The molecule has 1 saturated heterocycles. The molecule has 1 fully saturated rings. The van der Waals surface area contributed by atoms with E-state index in [0.29, 0.717) is 31.4 Å². The third-order valence-electron chi connectivity index (χ3n) is 3.14. The number of nitrogens with zero attached hydrogens (tertiary/aromatic N) is 4. The Labute approximate surface area is 112 Å². The van der Waals surface area contributed by atoms with Crippen LogP contribution in [0.3, 0.4) is 0 Å². The summed E-state index contributed by atoms with van der Waals surface area (Å²) in [6, 6.07) is 0. The van der Waals surface area contributed by atoms with Crippen molar-refractivity contribution in [2.24, 2.45) is 0 Å². The number of methoxy groups -OCH3 is 1. The van der Waals surface area contributed by atoms with E-state index in [4.69, 9.17) is 9.15 Å². The van der Waals surface area contributed by atoms with Crippen molar-refractivity contribution in [3.63, 3.8) is 0 Å². The molecule has 1 aliphatic rings. The maximum absolute atomic E-state index is 11.4. The van der Waals surface area contributed by atoms with Crippen LogP contribution >= 0.6 is 0 Å². The van der Waals surface area contributed by atoms with E-state index in [1.165, 1.54) is 7.11 Å². The van der Waals surface area contributed by atoms with Crippen molar-refractivity contribution in [1.82, 2.24) is 20.0 Å². The van der Waals surface area contributed by atoms with Crippen molar-refractivity contribution < 1.29 is 13.9 Å². The van der Waals surface area contributed by atoms with Gasteiger partial charge in [-0.2, -0.15) is 0 Å². The number of rotatable bonds is 3. The SMILES string of the molecule is COC(=O)N1CCN(Cc2nnc(C(C)C)o2)CC1. The average Bonchev–Trinajstić information content (AvgIpc) is 2.87. The largest absolute Gasteiger partial charge is 0.453 e. The van der Waals surface area contributed by atoms with Crippen LogP contribution in [0.15, 0.2) is 4.42 Å². The van der Waals surface area contributed by atoms with Crippen molar-refractivity contribution in [1.29, 1.82) is 0 Å². The van der Waals surface area contributed by atoms with E-state index >= 15 is 0 Å². The van der Waals surface area contributed by atoms with Crippen LogP contribution in [0, 0.1) is 0 Å². The molecule has 0 aliphatic carbocycles. The van der Waals surface area contributed by atoms with Gasteiger partial charge in [0.15, 0.2) is 0 Å². The van der Waals surface area contributed by atoms with Crippen molar-refractivity contribution in [3.8, 4) is 0 Å². The first-order valence-corrected chi connectivity index (χ1v) is 6.47. The first kappa shape index (κ1) is 13.8. The molecular weight excluding hydrogens is 248 g/mol. The van der Waals surface area contributed by atoms with Gasteiger partial charge in [0.1, 0.15) is 0 Å². The molecule has 106 valence electrons. The topological polar surface area (TPSA) is 71.7 Å². The maximum Gasteiger partial charge on any atom is 0.409 e. The molecule has 7 nitrogen and oxygen atoms in total. The predicted octanol–water partition coefficient (Wildman–Crippen LogP) is 1.08. The molecule has 1 aromatic rings. The molecule has 2 heterocycles. The molecule has 1 aromatic heterocycles. The minimum atomic E-state index is -0.264. The fourth-order valence-corrected chi connectivity index (χ4v) is 1.97. The minimum Gasteiger partial charge on any atom is -0.453 e. The molecule has 0 atom stereocenters. The zero-order chi connectivity index (χ0) is 13.8. The Hall–Kier alpha value is -1.63. The van der Waals surface area contributed by atoms with Crippen LogP contribution in [-0.4, -0.2) is 59.4 Å². The number of aromatic nitrogens is 2. The lowest BCUT2D eigenvalue weighted by Gasteiger charge is -2.32. The molecule has 1 amide bonds. The second kappa shape index (κ2) is 6.01. The maximum atomic E-state index is 11.4. The third kappa shape index (κ3) is 3.44. The molecular formula is C12H20N4O3. The van der Waals surface area contributed by atoms with Crippen LogP contribution in [-0.2, 0) is 11.3 Å². The van der Waals surface area contributed by atoms with Crippen LogP contribution in [0.1, 0.15) is 31.5 Å².